The smallest absolute Gasteiger partial charge is 0.209 e. The average Bonchev–Trinajstić information content (AvgIpc) is 2.84. The molecule has 1 heterocycles. The van der Waals surface area contributed by atoms with Crippen molar-refractivity contribution < 1.29 is 13.2 Å². The Morgan fingerprint density at radius 1 is 0.913 bits per heavy atom. The third kappa shape index (κ3) is 2.57. The van der Waals surface area contributed by atoms with Crippen molar-refractivity contribution in [1.82, 2.24) is 4.98 Å². The second-order valence-corrected chi connectivity index (χ2v) is 7.75. The Bertz CT molecular complexity index is 1010. The summed E-state index contributed by atoms with van der Waals surface area (Å²) in [6.45, 7) is 5.60. The van der Waals surface area contributed by atoms with E-state index in [1.807, 2.05) is 32.9 Å². The Hall–Kier alpha value is -2.40. The maximum Gasteiger partial charge on any atom is 0.209 e. The molecule has 0 unspecified atom stereocenters. The highest BCUT2D eigenvalue weighted by Gasteiger charge is 2.26. The van der Waals surface area contributed by atoms with Crippen LogP contribution in [0.5, 0.6) is 0 Å². The Balaban J connectivity index is 2.38. The number of hydrogen-bond acceptors (Lipinski definition) is 3. The van der Waals surface area contributed by atoms with Crippen molar-refractivity contribution in [2.45, 2.75) is 30.6 Å². The first-order chi connectivity index (χ1) is 10.8. The van der Waals surface area contributed by atoms with Crippen LogP contribution in [0.15, 0.2) is 46.2 Å². The largest absolute Gasteiger partial charge is 0.351 e. The minimum atomic E-state index is -3.79. The number of hydrogen-bond donors (Lipinski definition) is 1. The molecular weight excluding hydrogens is 310 g/mol. The number of fused-ring (bicyclic) bond motifs is 1. The lowest BCUT2D eigenvalue weighted by molar-refractivity contribution is 0.111. The molecule has 0 aliphatic heterocycles. The van der Waals surface area contributed by atoms with Gasteiger partial charge in [0.2, 0.25) is 9.84 Å². The number of carbonyl (C=O) groups is 1. The summed E-state index contributed by atoms with van der Waals surface area (Å²) in [5, 5.41) is 0.547. The molecule has 0 saturated heterocycles. The van der Waals surface area contributed by atoms with Crippen molar-refractivity contribution in [3.8, 4) is 0 Å². The first-order valence-electron chi connectivity index (χ1n) is 7.24. The summed E-state index contributed by atoms with van der Waals surface area (Å²) in [7, 11) is -3.79. The number of aromatic amines is 1. The minimum Gasteiger partial charge on any atom is -0.351 e. The molecule has 1 aromatic heterocycles. The van der Waals surface area contributed by atoms with Gasteiger partial charge in [-0.2, -0.15) is 0 Å². The molecule has 0 aliphatic rings. The van der Waals surface area contributed by atoms with Crippen LogP contribution < -0.4 is 0 Å². The molecule has 0 atom stereocenters. The van der Waals surface area contributed by atoms with E-state index in [9.17, 15) is 13.2 Å². The van der Waals surface area contributed by atoms with Crippen molar-refractivity contribution in [1.29, 1.82) is 0 Å². The highest BCUT2D eigenvalue weighted by molar-refractivity contribution is 7.91. The van der Waals surface area contributed by atoms with Gasteiger partial charge in [-0.25, -0.2) is 8.42 Å². The molecule has 0 fully saturated rings. The number of aldehydes is 1. The fourth-order valence-electron chi connectivity index (χ4n) is 2.88. The van der Waals surface area contributed by atoms with Crippen LogP contribution in [-0.2, 0) is 9.84 Å². The quantitative estimate of drug-likeness (QED) is 0.745. The molecule has 1 N–H and O–H groups in total. The SMILES string of the molecule is Cc1cc(C)cc(S(=O)(=O)c2c(C=O)[nH]c3ccc(C)cc23)c1. The molecule has 0 radical (unpaired) electrons. The second-order valence-electron chi connectivity index (χ2n) is 5.86. The summed E-state index contributed by atoms with van der Waals surface area (Å²) in [6.07, 6.45) is 0.560. The fraction of sp³-hybridized carbons (Fsp3) is 0.167. The number of sulfone groups is 1. The maximum absolute atomic E-state index is 13.1. The monoisotopic (exact) mass is 327 g/mol. The number of aryl methyl sites for hydroxylation is 3. The van der Waals surface area contributed by atoms with Crippen LogP contribution >= 0.6 is 0 Å². The fourth-order valence-corrected chi connectivity index (χ4v) is 4.65. The van der Waals surface area contributed by atoms with Crippen LogP contribution in [0.1, 0.15) is 27.2 Å². The minimum absolute atomic E-state index is 0.0520. The maximum atomic E-state index is 13.1. The highest BCUT2D eigenvalue weighted by Crippen LogP contribution is 2.32. The van der Waals surface area contributed by atoms with E-state index in [-0.39, 0.29) is 15.5 Å². The number of carbonyl (C=O) groups excluding carboxylic acids is 1. The normalized spacial score (nSPS) is 11.8. The van der Waals surface area contributed by atoms with Crippen molar-refractivity contribution in [2.24, 2.45) is 0 Å². The van der Waals surface area contributed by atoms with E-state index >= 15 is 0 Å². The molecule has 0 aliphatic carbocycles. The average molecular weight is 327 g/mol. The van der Waals surface area contributed by atoms with Crippen molar-refractivity contribution in [3.63, 3.8) is 0 Å². The molecule has 118 valence electrons. The van der Waals surface area contributed by atoms with Gasteiger partial charge in [-0.3, -0.25) is 4.79 Å². The van der Waals surface area contributed by atoms with E-state index in [0.29, 0.717) is 17.2 Å². The molecule has 3 rings (SSSR count). The Morgan fingerprint density at radius 2 is 1.57 bits per heavy atom. The zero-order valence-electron chi connectivity index (χ0n) is 13.2. The molecule has 2 aromatic carbocycles. The number of H-pyrrole nitrogens is 1. The van der Waals surface area contributed by atoms with Gasteiger partial charge >= 0.3 is 0 Å². The molecule has 0 spiro atoms. The van der Waals surface area contributed by atoms with E-state index < -0.39 is 9.84 Å². The Labute approximate surface area is 135 Å². The van der Waals surface area contributed by atoms with Crippen LogP contribution in [0.25, 0.3) is 10.9 Å². The lowest BCUT2D eigenvalue weighted by atomic mass is 10.2. The number of rotatable bonds is 3. The van der Waals surface area contributed by atoms with Gasteiger partial charge in [-0.1, -0.05) is 17.7 Å². The highest BCUT2D eigenvalue weighted by atomic mass is 32.2. The number of nitrogens with one attached hydrogen (secondary N) is 1. The van der Waals surface area contributed by atoms with Crippen LogP contribution in [0.4, 0.5) is 0 Å². The summed E-state index contributed by atoms with van der Waals surface area (Å²) < 4.78 is 26.3. The standard InChI is InChI=1S/C18H17NO3S/c1-11-4-5-16-15(9-11)18(17(10-20)19-16)23(21,22)14-7-12(2)6-13(3)8-14/h4-10,19H,1-3H3. The van der Waals surface area contributed by atoms with Gasteiger partial charge in [0.1, 0.15) is 4.90 Å². The van der Waals surface area contributed by atoms with Crippen LogP contribution in [-0.4, -0.2) is 19.7 Å². The summed E-state index contributed by atoms with van der Waals surface area (Å²) >= 11 is 0. The summed E-state index contributed by atoms with van der Waals surface area (Å²) in [5.41, 5.74) is 3.40. The topological polar surface area (TPSA) is 67.0 Å². The number of benzene rings is 2. The zero-order chi connectivity index (χ0) is 16.8. The van der Waals surface area contributed by atoms with Crippen LogP contribution in [0, 0.1) is 20.8 Å². The number of aromatic nitrogens is 1. The molecule has 0 saturated carbocycles. The van der Waals surface area contributed by atoms with Gasteiger partial charge in [-0.05, 0) is 56.2 Å². The first-order valence-corrected chi connectivity index (χ1v) is 8.72. The van der Waals surface area contributed by atoms with Gasteiger partial charge in [0, 0.05) is 10.9 Å². The molecule has 0 bridgehead atoms. The van der Waals surface area contributed by atoms with Gasteiger partial charge in [0.15, 0.2) is 6.29 Å². The Morgan fingerprint density at radius 3 is 2.17 bits per heavy atom. The lowest BCUT2D eigenvalue weighted by Gasteiger charge is -2.07. The molecule has 23 heavy (non-hydrogen) atoms. The summed E-state index contributed by atoms with van der Waals surface area (Å²) in [4.78, 5) is 14.6. The summed E-state index contributed by atoms with van der Waals surface area (Å²) in [6, 6.07) is 10.6. The van der Waals surface area contributed by atoms with E-state index in [1.54, 1.807) is 24.3 Å². The predicted molar refractivity (Wildman–Crippen MR) is 89.8 cm³/mol. The van der Waals surface area contributed by atoms with Gasteiger partial charge in [-0.15, -0.1) is 0 Å². The predicted octanol–water partition coefficient (Wildman–Crippen LogP) is 3.74. The van der Waals surface area contributed by atoms with Crippen molar-refractivity contribution in [3.05, 3.63) is 58.8 Å². The first kappa shape index (κ1) is 15.5. The zero-order valence-corrected chi connectivity index (χ0v) is 14.0. The van der Waals surface area contributed by atoms with Crippen molar-refractivity contribution in [2.75, 3.05) is 0 Å². The van der Waals surface area contributed by atoms with Gasteiger partial charge in [0.25, 0.3) is 0 Å². The lowest BCUT2D eigenvalue weighted by Crippen LogP contribution is -2.05. The van der Waals surface area contributed by atoms with E-state index in [1.165, 1.54) is 0 Å². The van der Waals surface area contributed by atoms with E-state index in [4.69, 9.17) is 0 Å². The third-order valence-electron chi connectivity index (χ3n) is 3.83. The second kappa shape index (κ2) is 5.35. The van der Waals surface area contributed by atoms with Gasteiger partial charge < -0.3 is 4.98 Å². The third-order valence-corrected chi connectivity index (χ3v) is 5.66. The van der Waals surface area contributed by atoms with Crippen LogP contribution in [0.3, 0.4) is 0 Å². The Kier molecular flexibility index (Phi) is 3.60. The van der Waals surface area contributed by atoms with Gasteiger partial charge in [0.05, 0.1) is 10.6 Å². The van der Waals surface area contributed by atoms with E-state index in [0.717, 1.165) is 16.7 Å². The molecule has 0 amide bonds. The summed E-state index contributed by atoms with van der Waals surface area (Å²) in [5.74, 6) is 0. The molecule has 5 heteroatoms. The molecular formula is C18H17NO3S. The van der Waals surface area contributed by atoms with E-state index in [2.05, 4.69) is 4.98 Å². The molecule has 4 nitrogen and oxygen atoms in total. The van der Waals surface area contributed by atoms with Crippen LogP contribution in [0.2, 0.25) is 0 Å². The molecule has 3 aromatic rings. The van der Waals surface area contributed by atoms with Crippen molar-refractivity contribution >= 4 is 27.0 Å².